The fourth-order valence-electron chi connectivity index (χ4n) is 2.37. The van der Waals surface area contributed by atoms with Crippen molar-refractivity contribution in [1.82, 2.24) is 15.3 Å². The molecule has 2 heterocycles. The van der Waals surface area contributed by atoms with Gasteiger partial charge in [0.2, 0.25) is 0 Å². The molecule has 0 bridgehead atoms. The molecule has 3 N–H and O–H groups in total. The van der Waals surface area contributed by atoms with Crippen LogP contribution in [0.15, 0.2) is 42.7 Å². The van der Waals surface area contributed by atoms with Gasteiger partial charge in [-0.3, -0.25) is 9.78 Å². The Morgan fingerprint density at radius 2 is 1.83 bits per heavy atom. The van der Waals surface area contributed by atoms with Crippen molar-refractivity contribution >= 4 is 23.3 Å². The zero-order valence-electron chi connectivity index (χ0n) is 12.8. The lowest BCUT2D eigenvalue weighted by molar-refractivity contribution is 0.0696. The van der Waals surface area contributed by atoms with Crippen molar-refractivity contribution in [3.63, 3.8) is 0 Å². The summed E-state index contributed by atoms with van der Waals surface area (Å²) in [6.45, 7) is 1.74. The number of carboxylic acid groups (broad SMARTS) is 1. The quantitative estimate of drug-likeness (QED) is 0.792. The van der Waals surface area contributed by atoms with Crippen molar-refractivity contribution in [3.8, 4) is 0 Å². The Balaban J connectivity index is 1.68. The molecule has 0 fully saturated rings. The van der Waals surface area contributed by atoms with E-state index in [1.165, 1.54) is 30.5 Å². The summed E-state index contributed by atoms with van der Waals surface area (Å²) in [6.07, 6.45) is 6.13. The van der Waals surface area contributed by atoms with Gasteiger partial charge in [-0.25, -0.2) is 9.78 Å². The number of carboxylic acids is 1. The molecule has 0 atom stereocenters. The van der Waals surface area contributed by atoms with Gasteiger partial charge in [0.05, 0.1) is 23.7 Å². The van der Waals surface area contributed by atoms with Crippen LogP contribution >= 0.6 is 0 Å². The second kappa shape index (κ2) is 7.01. The molecule has 24 heavy (non-hydrogen) atoms. The van der Waals surface area contributed by atoms with Gasteiger partial charge in [0.25, 0.3) is 5.91 Å². The number of nitrogens with zero attached hydrogens (tertiary/aromatic N) is 2. The van der Waals surface area contributed by atoms with Gasteiger partial charge >= 0.3 is 5.97 Å². The van der Waals surface area contributed by atoms with E-state index in [1.807, 2.05) is 0 Å². The average Bonchev–Trinajstić information content (AvgIpc) is 2.63. The highest BCUT2D eigenvalue weighted by Gasteiger charge is 2.11. The highest BCUT2D eigenvalue weighted by Crippen LogP contribution is 2.17. The third-order valence-corrected chi connectivity index (χ3v) is 3.68. The lowest BCUT2D eigenvalue weighted by Crippen LogP contribution is -2.20. The molecule has 0 saturated carbocycles. The highest BCUT2D eigenvalue weighted by atomic mass is 16.4. The third kappa shape index (κ3) is 3.64. The number of carbonyl (C=O) groups excluding carboxylic acids is 1. The van der Waals surface area contributed by atoms with Crippen molar-refractivity contribution < 1.29 is 14.7 Å². The SMILES string of the molecule is O=C(O)c1ccc(C(=O)Nc2cnc(C3=CCNCC3)cn2)cc1. The number of rotatable bonds is 4. The maximum absolute atomic E-state index is 12.1. The van der Waals surface area contributed by atoms with Crippen molar-refractivity contribution in [2.75, 3.05) is 18.4 Å². The van der Waals surface area contributed by atoms with E-state index in [2.05, 4.69) is 26.7 Å². The van der Waals surface area contributed by atoms with Gasteiger partial charge in [-0.2, -0.15) is 0 Å². The van der Waals surface area contributed by atoms with E-state index < -0.39 is 5.97 Å². The first kappa shape index (κ1) is 15.8. The lowest BCUT2D eigenvalue weighted by Gasteiger charge is -2.13. The molecule has 0 radical (unpaired) electrons. The molecule has 3 rings (SSSR count). The normalized spacial score (nSPS) is 13.9. The summed E-state index contributed by atoms with van der Waals surface area (Å²) in [5.41, 5.74) is 2.43. The molecule has 0 aliphatic carbocycles. The van der Waals surface area contributed by atoms with Gasteiger partial charge in [-0.1, -0.05) is 6.08 Å². The highest BCUT2D eigenvalue weighted by molar-refractivity contribution is 6.04. The number of aromatic nitrogens is 2. The van der Waals surface area contributed by atoms with E-state index in [9.17, 15) is 9.59 Å². The zero-order valence-corrected chi connectivity index (χ0v) is 12.8. The Labute approximate surface area is 138 Å². The first-order valence-corrected chi connectivity index (χ1v) is 7.50. The number of benzene rings is 1. The Morgan fingerprint density at radius 1 is 1.08 bits per heavy atom. The number of nitrogens with one attached hydrogen (secondary N) is 2. The Morgan fingerprint density at radius 3 is 2.42 bits per heavy atom. The van der Waals surface area contributed by atoms with Crippen LogP contribution in [-0.4, -0.2) is 40.0 Å². The van der Waals surface area contributed by atoms with Crippen molar-refractivity contribution in [2.45, 2.75) is 6.42 Å². The number of amides is 1. The molecular weight excluding hydrogens is 308 g/mol. The molecule has 2 aromatic rings. The molecule has 7 heteroatoms. The minimum absolute atomic E-state index is 0.131. The smallest absolute Gasteiger partial charge is 0.335 e. The molecule has 1 aliphatic rings. The molecule has 0 unspecified atom stereocenters. The standard InChI is InChI=1S/C17H16N4O3/c22-16(12-1-3-13(4-2-12)17(23)24)21-15-10-19-14(9-20-15)11-5-7-18-8-6-11/h1-5,9-10,18H,6-8H2,(H,23,24)(H,20,21,22). The number of hydrogen-bond acceptors (Lipinski definition) is 5. The van der Waals surface area contributed by atoms with Crippen molar-refractivity contribution in [1.29, 1.82) is 0 Å². The van der Waals surface area contributed by atoms with Crippen LogP contribution in [0, 0.1) is 0 Å². The van der Waals surface area contributed by atoms with E-state index in [0.717, 1.165) is 30.8 Å². The van der Waals surface area contributed by atoms with Gasteiger partial charge in [0, 0.05) is 12.1 Å². The Hall–Kier alpha value is -3.06. The number of anilines is 1. The van der Waals surface area contributed by atoms with Crippen LogP contribution in [0.4, 0.5) is 5.82 Å². The largest absolute Gasteiger partial charge is 0.478 e. The maximum atomic E-state index is 12.1. The molecular formula is C17H16N4O3. The topological polar surface area (TPSA) is 104 Å². The zero-order chi connectivity index (χ0) is 16.9. The molecule has 0 saturated heterocycles. The molecule has 7 nitrogen and oxygen atoms in total. The summed E-state index contributed by atoms with van der Waals surface area (Å²) in [5.74, 6) is -1.05. The second-order valence-electron chi connectivity index (χ2n) is 5.31. The summed E-state index contributed by atoms with van der Waals surface area (Å²) in [4.78, 5) is 31.5. The summed E-state index contributed by atoms with van der Waals surface area (Å²) >= 11 is 0. The van der Waals surface area contributed by atoms with Crippen LogP contribution in [0.25, 0.3) is 5.57 Å². The monoisotopic (exact) mass is 324 g/mol. The van der Waals surface area contributed by atoms with Crippen LogP contribution < -0.4 is 10.6 Å². The summed E-state index contributed by atoms with van der Waals surface area (Å²) in [5, 5.41) is 14.7. The molecule has 1 amide bonds. The number of carbonyl (C=O) groups is 2. The lowest BCUT2D eigenvalue weighted by atomic mass is 10.1. The first-order valence-electron chi connectivity index (χ1n) is 7.50. The van der Waals surface area contributed by atoms with Gasteiger partial charge in [-0.15, -0.1) is 0 Å². The fraction of sp³-hybridized carbons (Fsp3) is 0.176. The predicted molar refractivity (Wildman–Crippen MR) is 88.9 cm³/mol. The van der Waals surface area contributed by atoms with Crippen LogP contribution in [0.5, 0.6) is 0 Å². The van der Waals surface area contributed by atoms with E-state index in [0.29, 0.717) is 11.4 Å². The second-order valence-corrected chi connectivity index (χ2v) is 5.31. The molecule has 1 aromatic carbocycles. The van der Waals surface area contributed by atoms with Crippen LogP contribution in [0.3, 0.4) is 0 Å². The summed E-state index contributed by atoms with van der Waals surface area (Å²) in [6, 6.07) is 5.69. The number of hydrogen-bond donors (Lipinski definition) is 3. The van der Waals surface area contributed by atoms with Gasteiger partial charge in [0.1, 0.15) is 0 Å². The minimum Gasteiger partial charge on any atom is -0.478 e. The van der Waals surface area contributed by atoms with Gasteiger partial charge in [-0.05, 0) is 42.8 Å². The Bertz CT molecular complexity index is 782. The van der Waals surface area contributed by atoms with Gasteiger partial charge in [0.15, 0.2) is 5.82 Å². The van der Waals surface area contributed by atoms with Crippen molar-refractivity contribution in [3.05, 3.63) is 59.6 Å². The van der Waals surface area contributed by atoms with E-state index >= 15 is 0 Å². The first-order chi connectivity index (χ1) is 11.6. The van der Waals surface area contributed by atoms with E-state index in [-0.39, 0.29) is 11.5 Å². The maximum Gasteiger partial charge on any atom is 0.335 e. The Kier molecular flexibility index (Phi) is 4.62. The molecule has 122 valence electrons. The van der Waals surface area contributed by atoms with Crippen LogP contribution in [-0.2, 0) is 0 Å². The fourth-order valence-corrected chi connectivity index (χ4v) is 2.37. The summed E-state index contributed by atoms with van der Waals surface area (Å²) in [7, 11) is 0. The predicted octanol–water partition coefficient (Wildman–Crippen LogP) is 1.80. The minimum atomic E-state index is -1.03. The number of aromatic carboxylic acids is 1. The van der Waals surface area contributed by atoms with Crippen molar-refractivity contribution in [2.24, 2.45) is 0 Å². The third-order valence-electron chi connectivity index (χ3n) is 3.68. The van der Waals surface area contributed by atoms with Gasteiger partial charge < -0.3 is 15.7 Å². The summed E-state index contributed by atoms with van der Waals surface area (Å²) < 4.78 is 0. The van der Waals surface area contributed by atoms with E-state index in [4.69, 9.17) is 5.11 Å². The van der Waals surface area contributed by atoms with Crippen LogP contribution in [0.1, 0.15) is 32.8 Å². The van der Waals surface area contributed by atoms with Crippen LogP contribution in [0.2, 0.25) is 0 Å². The average molecular weight is 324 g/mol. The molecule has 1 aromatic heterocycles. The molecule has 1 aliphatic heterocycles. The molecule has 0 spiro atoms. The van der Waals surface area contributed by atoms with E-state index in [1.54, 1.807) is 6.20 Å².